The second-order valence-electron chi connectivity index (χ2n) is 6.02. The van der Waals surface area contributed by atoms with Gasteiger partial charge in [0.2, 0.25) is 0 Å². The summed E-state index contributed by atoms with van der Waals surface area (Å²) in [7, 11) is 0. The minimum atomic E-state index is -4.89. The molecule has 0 saturated carbocycles. The topological polar surface area (TPSA) is 25.8 Å². The van der Waals surface area contributed by atoms with Crippen molar-refractivity contribution in [3.05, 3.63) is 47.3 Å². The maximum absolute atomic E-state index is 12.9. The molecule has 0 atom stereocenters. The van der Waals surface area contributed by atoms with Gasteiger partial charge in [-0.2, -0.15) is 26.3 Å². The Morgan fingerprint density at radius 1 is 0.769 bits per heavy atom. The van der Waals surface area contributed by atoms with Crippen LogP contribution in [0.25, 0.3) is 11.4 Å². The van der Waals surface area contributed by atoms with E-state index in [4.69, 9.17) is 0 Å². The molecule has 1 aromatic heterocycles. The van der Waals surface area contributed by atoms with E-state index in [2.05, 4.69) is 16.9 Å². The van der Waals surface area contributed by atoms with Crippen LogP contribution in [0.2, 0.25) is 0 Å². The first-order valence-electron chi connectivity index (χ1n) is 8.22. The zero-order chi connectivity index (χ0) is 19.4. The van der Waals surface area contributed by atoms with E-state index in [1.54, 1.807) is 0 Å². The molecule has 0 spiro atoms. The van der Waals surface area contributed by atoms with Crippen LogP contribution in [0.15, 0.2) is 30.6 Å². The third-order valence-corrected chi connectivity index (χ3v) is 3.87. The molecular formula is C18H18F6N2. The molecular weight excluding hydrogens is 358 g/mol. The molecule has 0 radical (unpaired) electrons. The summed E-state index contributed by atoms with van der Waals surface area (Å²) in [5, 5.41) is 0. The number of halogens is 6. The molecule has 1 aromatic carbocycles. The number of aryl methyl sites for hydroxylation is 1. The van der Waals surface area contributed by atoms with Gasteiger partial charge in [-0.25, -0.2) is 9.97 Å². The molecule has 0 unspecified atom stereocenters. The Bertz CT molecular complexity index is 688. The monoisotopic (exact) mass is 376 g/mol. The Kier molecular flexibility index (Phi) is 6.26. The number of unbranched alkanes of at least 4 members (excludes halogenated alkanes) is 3. The van der Waals surface area contributed by atoms with Gasteiger partial charge in [0.25, 0.3) is 0 Å². The van der Waals surface area contributed by atoms with Gasteiger partial charge in [-0.1, -0.05) is 26.2 Å². The molecule has 26 heavy (non-hydrogen) atoms. The minimum absolute atomic E-state index is 0.0889. The lowest BCUT2D eigenvalue weighted by Crippen LogP contribution is -2.11. The molecule has 2 aromatic rings. The third kappa shape index (κ3) is 5.44. The van der Waals surface area contributed by atoms with Gasteiger partial charge in [0, 0.05) is 18.0 Å². The summed E-state index contributed by atoms with van der Waals surface area (Å²) in [5.41, 5.74) is -2.28. The number of benzene rings is 1. The smallest absolute Gasteiger partial charge is 0.236 e. The summed E-state index contributed by atoms with van der Waals surface area (Å²) in [6.07, 6.45) is -2.01. The van der Waals surface area contributed by atoms with Crippen molar-refractivity contribution in [3.8, 4) is 11.4 Å². The second kappa shape index (κ2) is 8.05. The lowest BCUT2D eigenvalue weighted by atomic mass is 10.0. The first kappa shape index (κ1) is 20.2. The first-order valence-corrected chi connectivity index (χ1v) is 8.22. The Hall–Kier alpha value is -2.12. The van der Waals surface area contributed by atoms with Crippen molar-refractivity contribution >= 4 is 0 Å². The predicted molar refractivity (Wildman–Crippen MR) is 85.3 cm³/mol. The van der Waals surface area contributed by atoms with Gasteiger partial charge in [-0.05, 0) is 36.6 Å². The molecule has 8 heteroatoms. The lowest BCUT2D eigenvalue weighted by Gasteiger charge is -2.13. The molecule has 1 heterocycles. The molecule has 0 bridgehead atoms. The normalized spacial score (nSPS) is 12.4. The van der Waals surface area contributed by atoms with Crippen LogP contribution in [-0.4, -0.2) is 9.97 Å². The van der Waals surface area contributed by atoms with Crippen molar-refractivity contribution in [2.75, 3.05) is 0 Å². The Balaban J connectivity index is 2.29. The first-order chi connectivity index (χ1) is 12.1. The minimum Gasteiger partial charge on any atom is -0.236 e. The average molecular weight is 376 g/mol. The molecule has 0 aliphatic rings. The van der Waals surface area contributed by atoms with Crippen molar-refractivity contribution in [2.45, 2.75) is 51.4 Å². The molecule has 0 fully saturated rings. The summed E-state index contributed by atoms with van der Waals surface area (Å²) in [4.78, 5) is 7.90. The highest BCUT2D eigenvalue weighted by Gasteiger charge is 2.37. The van der Waals surface area contributed by atoms with E-state index in [0.717, 1.165) is 37.7 Å². The van der Waals surface area contributed by atoms with E-state index in [0.29, 0.717) is 12.1 Å². The van der Waals surface area contributed by atoms with Crippen LogP contribution in [0, 0.1) is 0 Å². The van der Waals surface area contributed by atoms with E-state index >= 15 is 0 Å². The lowest BCUT2D eigenvalue weighted by molar-refractivity contribution is -0.143. The average Bonchev–Trinajstić information content (AvgIpc) is 2.57. The van der Waals surface area contributed by atoms with Gasteiger partial charge in [0.05, 0.1) is 11.1 Å². The molecule has 0 aliphatic carbocycles. The van der Waals surface area contributed by atoms with Crippen molar-refractivity contribution in [1.82, 2.24) is 9.97 Å². The van der Waals surface area contributed by atoms with E-state index in [-0.39, 0.29) is 17.5 Å². The number of aromatic nitrogens is 2. The summed E-state index contributed by atoms with van der Waals surface area (Å²) >= 11 is 0. The maximum Gasteiger partial charge on any atom is 0.416 e. The standard InChI is InChI=1S/C18H18F6N2/c1-2-3-4-5-6-12-10-25-16(26-11-12)13-7-14(17(19,20)21)9-15(8-13)18(22,23)24/h7-11H,2-6H2,1H3. The van der Waals surface area contributed by atoms with Crippen LogP contribution >= 0.6 is 0 Å². The summed E-state index contributed by atoms with van der Waals surface area (Å²) in [5.74, 6) is -0.168. The predicted octanol–water partition coefficient (Wildman–Crippen LogP) is 6.30. The number of hydrogen-bond acceptors (Lipinski definition) is 2. The fraction of sp³-hybridized carbons (Fsp3) is 0.444. The molecule has 142 valence electrons. The zero-order valence-electron chi connectivity index (χ0n) is 14.1. The van der Waals surface area contributed by atoms with E-state index in [1.165, 1.54) is 12.4 Å². The number of rotatable bonds is 6. The van der Waals surface area contributed by atoms with Gasteiger partial charge in [0.1, 0.15) is 0 Å². The Morgan fingerprint density at radius 3 is 1.77 bits per heavy atom. The summed E-state index contributed by atoms with van der Waals surface area (Å²) in [6, 6.07) is 1.35. The molecule has 0 amide bonds. The zero-order valence-corrected chi connectivity index (χ0v) is 14.1. The van der Waals surface area contributed by atoms with Crippen LogP contribution in [0.3, 0.4) is 0 Å². The molecule has 0 aliphatic heterocycles. The molecule has 2 nitrogen and oxygen atoms in total. The summed E-state index contributed by atoms with van der Waals surface area (Å²) in [6.45, 7) is 2.09. The van der Waals surface area contributed by atoms with E-state index < -0.39 is 23.5 Å². The van der Waals surface area contributed by atoms with Gasteiger partial charge in [-0.3, -0.25) is 0 Å². The van der Waals surface area contributed by atoms with Gasteiger partial charge in [-0.15, -0.1) is 0 Å². The number of nitrogens with zero attached hydrogens (tertiary/aromatic N) is 2. The van der Waals surface area contributed by atoms with Crippen molar-refractivity contribution in [3.63, 3.8) is 0 Å². The van der Waals surface area contributed by atoms with E-state index in [1.807, 2.05) is 0 Å². The SMILES string of the molecule is CCCCCCc1cnc(-c2cc(C(F)(F)F)cc(C(F)(F)F)c2)nc1. The van der Waals surface area contributed by atoms with Crippen molar-refractivity contribution in [2.24, 2.45) is 0 Å². The second-order valence-corrected chi connectivity index (χ2v) is 6.02. The largest absolute Gasteiger partial charge is 0.416 e. The Morgan fingerprint density at radius 2 is 1.31 bits per heavy atom. The van der Waals surface area contributed by atoms with Gasteiger partial charge in [0.15, 0.2) is 5.82 Å². The van der Waals surface area contributed by atoms with Crippen LogP contribution < -0.4 is 0 Å². The Labute approximate surface area is 147 Å². The molecule has 0 N–H and O–H groups in total. The van der Waals surface area contributed by atoms with Gasteiger partial charge >= 0.3 is 12.4 Å². The van der Waals surface area contributed by atoms with Crippen molar-refractivity contribution < 1.29 is 26.3 Å². The maximum atomic E-state index is 12.9. The highest BCUT2D eigenvalue weighted by Crippen LogP contribution is 2.38. The number of hydrogen-bond donors (Lipinski definition) is 0. The quantitative estimate of drug-likeness (QED) is 0.436. The van der Waals surface area contributed by atoms with Crippen LogP contribution in [0.5, 0.6) is 0 Å². The van der Waals surface area contributed by atoms with Gasteiger partial charge < -0.3 is 0 Å². The summed E-state index contributed by atoms with van der Waals surface area (Å²) < 4.78 is 77.5. The fourth-order valence-electron chi connectivity index (χ4n) is 2.47. The van der Waals surface area contributed by atoms with Crippen LogP contribution in [0.4, 0.5) is 26.3 Å². The van der Waals surface area contributed by atoms with Crippen LogP contribution in [-0.2, 0) is 18.8 Å². The fourth-order valence-corrected chi connectivity index (χ4v) is 2.47. The van der Waals surface area contributed by atoms with Crippen molar-refractivity contribution in [1.29, 1.82) is 0 Å². The molecule has 2 rings (SSSR count). The van der Waals surface area contributed by atoms with Crippen LogP contribution in [0.1, 0.15) is 49.3 Å². The highest BCUT2D eigenvalue weighted by atomic mass is 19.4. The van der Waals surface area contributed by atoms with E-state index in [9.17, 15) is 26.3 Å². The third-order valence-electron chi connectivity index (χ3n) is 3.87. The highest BCUT2D eigenvalue weighted by molar-refractivity contribution is 5.58. The molecule has 0 saturated heterocycles. The number of alkyl halides is 6.